The summed E-state index contributed by atoms with van der Waals surface area (Å²) in [6.45, 7) is 6.85. The van der Waals surface area contributed by atoms with Gasteiger partial charge in [-0.1, -0.05) is 35.4 Å². The number of nitrogens with one attached hydrogen (secondary N) is 1. The van der Waals surface area contributed by atoms with Gasteiger partial charge in [-0.15, -0.1) is 0 Å². The van der Waals surface area contributed by atoms with Crippen molar-refractivity contribution in [2.45, 2.75) is 33.6 Å². The second-order valence-electron chi connectivity index (χ2n) is 7.16. The van der Waals surface area contributed by atoms with E-state index in [1.807, 2.05) is 30.3 Å². The van der Waals surface area contributed by atoms with Gasteiger partial charge in [-0.3, -0.25) is 0 Å². The van der Waals surface area contributed by atoms with Gasteiger partial charge in [-0.05, 0) is 64.0 Å². The van der Waals surface area contributed by atoms with Crippen LogP contribution in [0.4, 0.5) is 11.7 Å². The quantitative estimate of drug-likeness (QED) is 0.478. The normalized spacial score (nSPS) is 11.3. The van der Waals surface area contributed by atoms with Crippen LogP contribution in [0.15, 0.2) is 81.0 Å². The fraction of sp³-hybridized carbons (Fsp3) is 0.250. The van der Waals surface area contributed by atoms with Crippen molar-refractivity contribution in [3.8, 4) is 5.75 Å². The van der Waals surface area contributed by atoms with Crippen molar-refractivity contribution in [2.75, 3.05) is 11.9 Å². The van der Waals surface area contributed by atoms with E-state index in [0.717, 1.165) is 24.3 Å². The first-order valence-electron chi connectivity index (χ1n) is 9.70. The lowest BCUT2D eigenvalue weighted by atomic mass is 10.1. The number of allylic oxidation sites excluding steroid dienone is 3. The van der Waals surface area contributed by atoms with E-state index in [2.05, 4.69) is 43.2 Å². The zero-order valence-electron chi connectivity index (χ0n) is 17.1. The molecule has 3 aromatic rings. The maximum Gasteiger partial charge on any atom is 0.348 e. The molecule has 0 radical (unpaired) electrons. The summed E-state index contributed by atoms with van der Waals surface area (Å²) in [6, 6.07) is 14.7. The van der Waals surface area contributed by atoms with Crippen molar-refractivity contribution in [2.24, 2.45) is 0 Å². The largest absolute Gasteiger partial charge is 0.489 e. The van der Waals surface area contributed by atoms with Crippen LogP contribution in [-0.4, -0.2) is 11.6 Å². The Balaban J connectivity index is 1.63. The maximum absolute atomic E-state index is 12.1. The number of rotatable bonds is 8. The van der Waals surface area contributed by atoms with Crippen molar-refractivity contribution in [3.63, 3.8) is 0 Å². The van der Waals surface area contributed by atoms with E-state index in [1.54, 1.807) is 18.2 Å². The first-order valence-corrected chi connectivity index (χ1v) is 9.70. The van der Waals surface area contributed by atoms with E-state index in [1.165, 1.54) is 11.1 Å². The first-order chi connectivity index (χ1) is 14.0. The predicted octanol–water partition coefficient (Wildman–Crippen LogP) is 6.00. The molecule has 3 rings (SSSR count). The molecule has 0 aliphatic carbocycles. The Hall–Kier alpha value is -3.34. The Kier molecular flexibility index (Phi) is 6.85. The summed E-state index contributed by atoms with van der Waals surface area (Å²) in [5.74, 6) is 0.728. The van der Waals surface area contributed by atoms with Gasteiger partial charge in [-0.25, -0.2) is 4.79 Å². The second kappa shape index (κ2) is 9.73. The number of ether oxygens (including phenoxy) is 1. The predicted molar refractivity (Wildman–Crippen MR) is 118 cm³/mol. The average molecular weight is 390 g/mol. The molecule has 2 aromatic carbocycles. The van der Waals surface area contributed by atoms with Gasteiger partial charge in [-0.2, -0.15) is 4.98 Å². The zero-order valence-corrected chi connectivity index (χ0v) is 17.1. The highest BCUT2D eigenvalue weighted by molar-refractivity contribution is 5.78. The molecule has 0 fully saturated rings. The van der Waals surface area contributed by atoms with Crippen LogP contribution in [0.25, 0.3) is 10.9 Å². The third-order valence-corrected chi connectivity index (χ3v) is 4.39. The maximum atomic E-state index is 12.1. The van der Waals surface area contributed by atoms with E-state index >= 15 is 0 Å². The minimum Gasteiger partial charge on any atom is -0.489 e. The van der Waals surface area contributed by atoms with Crippen LogP contribution in [0.1, 0.15) is 33.6 Å². The molecule has 5 nitrogen and oxygen atoms in total. The summed E-state index contributed by atoms with van der Waals surface area (Å²) < 4.78 is 11.1. The van der Waals surface area contributed by atoms with Gasteiger partial charge in [0.05, 0.1) is 10.9 Å². The summed E-state index contributed by atoms with van der Waals surface area (Å²) in [7, 11) is 0. The van der Waals surface area contributed by atoms with E-state index < -0.39 is 5.63 Å². The molecule has 0 amide bonds. The van der Waals surface area contributed by atoms with Crippen LogP contribution in [0.2, 0.25) is 0 Å². The van der Waals surface area contributed by atoms with Crippen molar-refractivity contribution in [3.05, 3.63) is 82.2 Å². The van der Waals surface area contributed by atoms with Gasteiger partial charge < -0.3 is 14.5 Å². The van der Waals surface area contributed by atoms with Crippen LogP contribution in [0, 0.1) is 0 Å². The number of nitrogens with zero attached hydrogens (tertiary/aromatic N) is 1. The van der Waals surface area contributed by atoms with Crippen molar-refractivity contribution < 1.29 is 9.15 Å². The Morgan fingerprint density at radius 3 is 2.76 bits per heavy atom. The summed E-state index contributed by atoms with van der Waals surface area (Å²) in [5.41, 5.74) is 3.55. The molecule has 0 aliphatic rings. The van der Waals surface area contributed by atoms with Crippen LogP contribution in [-0.2, 0) is 0 Å². The number of fused-ring (bicyclic) bond motifs is 1. The number of hydrogen-bond donors (Lipinski definition) is 1. The topological polar surface area (TPSA) is 64.4 Å². The van der Waals surface area contributed by atoms with Gasteiger partial charge in [0.2, 0.25) is 0 Å². The fourth-order valence-corrected chi connectivity index (χ4v) is 2.83. The van der Waals surface area contributed by atoms with Crippen LogP contribution in [0.3, 0.4) is 0 Å². The third-order valence-electron chi connectivity index (χ3n) is 4.39. The first kappa shape index (κ1) is 20.4. The molecular weight excluding hydrogens is 364 g/mol. The highest BCUT2D eigenvalue weighted by atomic mass is 16.5. The van der Waals surface area contributed by atoms with Gasteiger partial charge in [0.25, 0.3) is 0 Å². The van der Waals surface area contributed by atoms with Gasteiger partial charge in [0.15, 0.2) is 0 Å². The zero-order chi connectivity index (χ0) is 20.6. The molecule has 0 saturated carbocycles. The monoisotopic (exact) mass is 390 g/mol. The van der Waals surface area contributed by atoms with Gasteiger partial charge >= 0.3 is 11.6 Å². The molecule has 1 aromatic heterocycles. The minimum atomic E-state index is -0.417. The summed E-state index contributed by atoms with van der Waals surface area (Å²) >= 11 is 0. The van der Waals surface area contributed by atoms with E-state index in [-0.39, 0.29) is 6.01 Å². The van der Waals surface area contributed by atoms with E-state index in [4.69, 9.17) is 9.15 Å². The summed E-state index contributed by atoms with van der Waals surface area (Å²) in [6.07, 6.45) is 6.42. The Bertz CT molecular complexity index is 1090. The molecule has 0 unspecified atom stereocenters. The van der Waals surface area contributed by atoms with Crippen LogP contribution in [0.5, 0.6) is 5.75 Å². The smallest absolute Gasteiger partial charge is 0.348 e. The Labute approximate surface area is 170 Å². The van der Waals surface area contributed by atoms with E-state index in [9.17, 15) is 4.79 Å². The molecule has 0 atom stereocenters. The van der Waals surface area contributed by atoms with Crippen LogP contribution < -0.4 is 15.7 Å². The molecule has 1 heterocycles. The molecular formula is C24H26N2O3. The van der Waals surface area contributed by atoms with E-state index in [0.29, 0.717) is 17.5 Å². The Morgan fingerprint density at radius 2 is 1.93 bits per heavy atom. The molecule has 5 heteroatoms. The average Bonchev–Trinajstić information content (AvgIpc) is 2.68. The molecule has 150 valence electrons. The van der Waals surface area contributed by atoms with Crippen molar-refractivity contribution in [1.29, 1.82) is 0 Å². The Morgan fingerprint density at radius 1 is 1.10 bits per heavy atom. The lowest BCUT2D eigenvalue weighted by Crippen LogP contribution is -2.05. The standard InChI is InChI=1S/C24H26N2O3/c1-17(2)8-6-9-18(3)14-15-28-20-11-7-10-19(16-20)25-24-26-22-13-5-4-12-21(22)23(27)29-24/h4-5,7-8,10-14,16H,6,9,15H2,1-3H3,(H,25,26)/b18-14+. The number of hydrogen-bond acceptors (Lipinski definition) is 5. The minimum absolute atomic E-state index is 0.154. The van der Waals surface area contributed by atoms with Gasteiger partial charge in [0.1, 0.15) is 12.4 Å². The number of aromatic nitrogens is 1. The number of anilines is 2. The number of para-hydroxylation sites is 1. The third kappa shape index (κ3) is 6.07. The molecule has 0 saturated heterocycles. The number of benzene rings is 2. The molecule has 0 spiro atoms. The molecule has 1 N–H and O–H groups in total. The SMILES string of the molecule is CC(C)=CCC/C(C)=C/COc1cccc(Nc2nc3ccccc3c(=O)o2)c1. The fourth-order valence-electron chi connectivity index (χ4n) is 2.83. The van der Waals surface area contributed by atoms with Crippen molar-refractivity contribution in [1.82, 2.24) is 4.98 Å². The highest BCUT2D eigenvalue weighted by Gasteiger charge is 2.06. The van der Waals surface area contributed by atoms with Gasteiger partial charge in [0, 0.05) is 11.8 Å². The highest BCUT2D eigenvalue weighted by Crippen LogP contribution is 2.21. The van der Waals surface area contributed by atoms with Crippen LogP contribution >= 0.6 is 0 Å². The lowest BCUT2D eigenvalue weighted by molar-refractivity contribution is 0.362. The van der Waals surface area contributed by atoms with Crippen molar-refractivity contribution >= 4 is 22.6 Å². The lowest BCUT2D eigenvalue weighted by Gasteiger charge is -2.08. The summed E-state index contributed by atoms with van der Waals surface area (Å²) in [4.78, 5) is 16.4. The molecule has 29 heavy (non-hydrogen) atoms. The molecule has 0 aliphatic heterocycles. The molecule has 0 bridgehead atoms. The summed E-state index contributed by atoms with van der Waals surface area (Å²) in [5, 5.41) is 3.50. The second-order valence-corrected chi connectivity index (χ2v) is 7.16.